The van der Waals surface area contributed by atoms with Crippen LogP contribution in [0, 0.1) is 5.92 Å². The molecule has 0 radical (unpaired) electrons. The number of nitrogens with one attached hydrogen (secondary N) is 1. The largest absolute Gasteiger partial charge is 0.493 e. The molecule has 0 aromatic heterocycles. The predicted molar refractivity (Wildman–Crippen MR) is 211 cm³/mol. The molecule has 4 aromatic carbocycles. The number of hydrogen-bond donors (Lipinski definition) is 1. The summed E-state index contributed by atoms with van der Waals surface area (Å²) in [5, 5.41) is 3.41. The minimum Gasteiger partial charge on any atom is -0.493 e. The van der Waals surface area contributed by atoms with Gasteiger partial charge in [-0.25, -0.2) is 9.59 Å². The van der Waals surface area contributed by atoms with Gasteiger partial charge < -0.3 is 33.7 Å². The van der Waals surface area contributed by atoms with Gasteiger partial charge in [0.2, 0.25) is 0 Å². The summed E-state index contributed by atoms with van der Waals surface area (Å²) in [7, 11) is 5.89. The van der Waals surface area contributed by atoms with E-state index >= 15 is 0 Å². The molecule has 9 heteroatoms. The second-order valence-electron chi connectivity index (χ2n) is 13.2. The van der Waals surface area contributed by atoms with Gasteiger partial charge in [0.15, 0.2) is 23.0 Å². The van der Waals surface area contributed by atoms with Crippen LogP contribution in [-0.2, 0) is 22.7 Å². The van der Waals surface area contributed by atoms with Crippen molar-refractivity contribution in [3.8, 4) is 23.0 Å². The van der Waals surface area contributed by atoms with Crippen molar-refractivity contribution in [1.29, 1.82) is 0 Å². The number of carbonyl (C=O) groups excluding carboxylic acids is 2. The number of benzene rings is 4. The number of allylic oxidation sites excluding steroid dienone is 1. The van der Waals surface area contributed by atoms with E-state index < -0.39 is 5.97 Å². The summed E-state index contributed by atoms with van der Waals surface area (Å²) in [6.45, 7) is 1.87. The van der Waals surface area contributed by atoms with Crippen LogP contribution in [0.1, 0.15) is 81.5 Å². The van der Waals surface area contributed by atoms with Crippen molar-refractivity contribution >= 4 is 24.1 Å². The molecule has 1 saturated carbocycles. The van der Waals surface area contributed by atoms with Crippen molar-refractivity contribution in [2.24, 2.45) is 5.92 Å². The minimum atomic E-state index is -0.401. The van der Waals surface area contributed by atoms with Gasteiger partial charge in [0, 0.05) is 6.04 Å². The van der Waals surface area contributed by atoms with Gasteiger partial charge in [0.1, 0.15) is 13.2 Å². The molecule has 1 atom stereocenters. The van der Waals surface area contributed by atoms with Crippen LogP contribution in [0.4, 0.5) is 0 Å². The van der Waals surface area contributed by atoms with Crippen molar-refractivity contribution in [1.82, 2.24) is 5.32 Å². The quantitative estimate of drug-likeness (QED) is 0.127. The van der Waals surface area contributed by atoms with E-state index in [1.165, 1.54) is 39.9 Å². The Morgan fingerprint density at radius 1 is 0.611 bits per heavy atom. The zero-order valence-electron chi connectivity index (χ0n) is 31.7. The van der Waals surface area contributed by atoms with E-state index in [2.05, 4.69) is 17.5 Å². The zero-order chi connectivity index (χ0) is 38.1. The Bertz CT molecular complexity index is 1720. The Hall–Kier alpha value is -5.54. The van der Waals surface area contributed by atoms with Gasteiger partial charge in [-0.15, -0.1) is 0 Å². The monoisotopic (exact) mass is 733 g/mol. The lowest BCUT2D eigenvalue weighted by atomic mass is 10.0. The summed E-state index contributed by atoms with van der Waals surface area (Å²) < 4.78 is 32.7. The molecule has 1 aliphatic carbocycles. The van der Waals surface area contributed by atoms with Gasteiger partial charge in [-0.2, -0.15) is 0 Å². The molecule has 0 unspecified atom stereocenters. The van der Waals surface area contributed by atoms with Crippen molar-refractivity contribution in [2.75, 3.05) is 35.0 Å². The Balaban J connectivity index is 0.000000208. The molecule has 4 aromatic rings. The van der Waals surface area contributed by atoms with Gasteiger partial charge in [-0.1, -0.05) is 97.8 Å². The van der Waals surface area contributed by atoms with Crippen molar-refractivity contribution in [3.05, 3.63) is 130 Å². The first-order valence-corrected chi connectivity index (χ1v) is 18.5. The highest BCUT2D eigenvalue weighted by Crippen LogP contribution is 2.35. The average molecular weight is 734 g/mol. The van der Waals surface area contributed by atoms with Crippen LogP contribution in [0.3, 0.4) is 0 Å². The molecule has 1 N–H and O–H groups in total. The van der Waals surface area contributed by atoms with Crippen LogP contribution in [0.25, 0.3) is 12.2 Å². The summed E-state index contributed by atoms with van der Waals surface area (Å²) in [5.41, 5.74) is 4.60. The van der Waals surface area contributed by atoms with Gasteiger partial charge in [0.05, 0.1) is 39.6 Å². The van der Waals surface area contributed by atoms with Crippen molar-refractivity contribution < 1.29 is 38.0 Å². The maximum atomic E-state index is 12.2. The predicted octanol–water partition coefficient (Wildman–Crippen LogP) is 9.09. The highest BCUT2D eigenvalue weighted by atomic mass is 16.5. The van der Waals surface area contributed by atoms with Crippen LogP contribution in [0.15, 0.2) is 97.1 Å². The second-order valence-corrected chi connectivity index (χ2v) is 13.2. The summed E-state index contributed by atoms with van der Waals surface area (Å²) in [6, 6.07) is 27.3. The highest BCUT2D eigenvalue weighted by Gasteiger charge is 2.19. The molecule has 0 spiro atoms. The van der Waals surface area contributed by atoms with E-state index in [4.69, 9.17) is 28.4 Å². The number of ether oxygens (including phenoxy) is 6. The molecule has 6 rings (SSSR count). The molecule has 284 valence electrons. The summed E-state index contributed by atoms with van der Waals surface area (Å²) in [6.07, 6.45) is 15.4. The molecular formula is C45H51NO8. The molecule has 1 heterocycles. The number of hydrogen-bond acceptors (Lipinski definition) is 9. The minimum absolute atomic E-state index is 0.325. The van der Waals surface area contributed by atoms with Crippen LogP contribution in [0.2, 0.25) is 0 Å². The van der Waals surface area contributed by atoms with Crippen LogP contribution in [0.5, 0.6) is 23.0 Å². The number of carbonyl (C=O) groups is 2. The molecule has 1 saturated heterocycles. The third-order valence-electron chi connectivity index (χ3n) is 9.51. The molecule has 1 aliphatic heterocycles. The first-order chi connectivity index (χ1) is 26.4. The fraction of sp³-hybridized carbons (Fsp3) is 0.333. The lowest BCUT2D eigenvalue weighted by molar-refractivity contribution is 0.0591. The first kappa shape index (κ1) is 39.7. The van der Waals surface area contributed by atoms with Crippen molar-refractivity contribution in [2.45, 2.75) is 57.8 Å². The SMILES string of the molecule is COC(=O)c1cc(OC)c(OCc2ccccc2)cc1/C=C\C1CCCC1.COC(=O)c1cc(OC)c(OCc2ccccc2)cc1/C=C\[C@@H]1CCCN1. The van der Waals surface area contributed by atoms with E-state index in [-0.39, 0.29) is 5.97 Å². The smallest absolute Gasteiger partial charge is 0.338 e. The van der Waals surface area contributed by atoms with Crippen molar-refractivity contribution in [3.63, 3.8) is 0 Å². The molecular weight excluding hydrogens is 682 g/mol. The number of rotatable bonds is 14. The summed E-state index contributed by atoms with van der Waals surface area (Å²) in [4.78, 5) is 24.5. The molecule has 2 fully saturated rings. The maximum absolute atomic E-state index is 12.2. The molecule has 0 amide bonds. The van der Waals surface area contributed by atoms with E-state index in [1.807, 2.05) is 84.9 Å². The van der Waals surface area contributed by atoms with Gasteiger partial charge in [-0.3, -0.25) is 0 Å². The Morgan fingerprint density at radius 2 is 1.09 bits per heavy atom. The Labute approximate surface area is 318 Å². The normalized spacial score (nSPS) is 15.4. The second kappa shape index (κ2) is 20.6. The summed E-state index contributed by atoms with van der Waals surface area (Å²) >= 11 is 0. The molecule has 9 nitrogen and oxygen atoms in total. The third kappa shape index (κ3) is 11.2. The van der Waals surface area contributed by atoms with Gasteiger partial charge in [0.25, 0.3) is 0 Å². The highest BCUT2D eigenvalue weighted by molar-refractivity contribution is 5.95. The lowest BCUT2D eigenvalue weighted by Gasteiger charge is -2.14. The first-order valence-electron chi connectivity index (χ1n) is 18.5. The topological polar surface area (TPSA) is 102 Å². The Kier molecular flexibility index (Phi) is 15.2. The summed E-state index contributed by atoms with van der Waals surface area (Å²) in [5.74, 6) is 2.02. The number of methoxy groups -OCH3 is 4. The van der Waals surface area contributed by atoms with E-state index in [0.29, 0.717) is 59.3 Å². The maximum Gasteiger partial charge on any atom is 0.338 e. The Morgan fingerprint density at radius 3 is 1.52 bits per heavy atom. The number of esters is 2. The van der Waals surface area contributed by atoms with Crippen LogP contribution in [-0.4, -0.2) is 53.0 Å². The fourth-order valence-corrected chi connectivity index (χ4v) is 6.50. The van der Waals surface area contributed by atoms with Crippen LogP contribution < -0.4 is 24.3 Å². The van der Waals surface area contributed by atoms with E-state index in [1.54, 1.807) is 26.4 Å². The van der Waals surface area contributed by atoms with Gasteiger partial charge >= 0.3 is 11.9 Å². The molecule has 0 bridgehead atoms. The van der Waals surface area contributed by atoms with E-state index in [9.17, 15) is 9.59 Å². The molecule has 2 aliphatic rings. The molecule has 54 heavy (non-hydrogen) atoms. The average Bonchev–Trinajstić information content (AvgIpc) is 3.96. The zero-order valence-corrected chi connectivity index (χ0v) is 31.7. The van der Waals surface area contributed by atoms with Gasteiger partial charge in [-0.05, 0) is 84.7 Å². The van der Waals surface area contributed by atoms with E-state index in [0.717, 1.165) is 41.6 Å². The standard InChI is InChI=1S/C23H26O4.C22H25NO4/c1-25-21-15-20(23(24)26-2)19(13-12-17-8-6-7-9-17)14-22(21)27-16-18-10-4-3-5-11-18;1-25-20-14-19(22(24)26-2)17(10-11-18-9-6-12-23-18)13-21(20)27-15-16-7-4-3-5-8-16/h3-5,10-15,17H,6-9,16H2,1-2H3;3-5,7-8,10-11,13-14,18,23H,6,9,12,15H2,1-2H3/b13-12-;11-10-/t;18-/m.0/s1. The van der Waals surface area contributed by atoms with Crippen LogP contribution >= 0.6 is 0 Å². The fourth-order valence-electron chi connectivity index (χ4n) is 6.50. The lowest BCUT2D eigenvalue weighted by Crippen LogP contribution is -2.18. The third-order valence-corrected chi connectivity index (χ3v) is 9.51.